The van der Waals surface area contributed by atoms with Crippen molar-refractivity contribution in [2.24, 2.45) is 0 Å². The van der Waals surface area contributed by atoms with Crippen LogP contribution in [0.5, 0.6) is 11.5 Å². The first-order valence-electron chi connectivity index (χ1n) is 6.54. The quantitative estimate of drug-likeness (QED) is 0.791. The number of methoxy groups -OCH3 is 2. The maximum atomic E-state index is 11.6. The summed E-state index contributed by atoms with van der Waals surface area (Å²) < 4.78 is 10.3. The van der Waals surface area contributed by atoms with Crippen LogP contribution in [-0.2, 0) is 16.1 Å². The number of amides is 1. The molecular weight excluding hydrogens is 258 g/mol. The lowest BCUT2D eigenvalue weighted by atomic mass is 10.1. The summed E-state index contributed by atoms with van der Waals surface area (Å²) in [5.41, 5.74) is 0.933. The van der Waals surface area contributed by atoms with Crippen molar-refractivity contribution in [1.82, 2.24) is 5.32 Å². The molecule has 5 heteroatoms. The molecule has 5 nitrogen and oxygen atoms in total. The van der Waals surface area contributed by atoms with E-state index in [0.717, 1.165) is 5.56 Å². The van der Waals surface area contributed by atoms with Crippen molar-refractivity contribution in [3.63, 3.8) is 0 Å². The van der Waals surface area contributed by atoms with Crippen LogP contribution >= 0.6 is 0 Å². The molecule has 0 saturated heterocycles. The van der Waals surface area contributed by atoms with Crippen molar-refractivity contribution in [1.29, 1.82) is 0 Å². The minimum absolute atomic E-state index is 0.0546. The Balaban J connectivity index is 2.45. The summed E-state index contributed by atoms with van der Waals surface area (Å²) in [4.78, 5) is 22.4. The zero-order chi connectivity index (χ0) is 15.0. The molecule has 1 rings (SSSR count). The van der Waals surface area contributed by atoms with Gasteiger partial charge in [0.05, 0.1) is 14.2 Å². The number of Topliss-reactive ketones (excluding diaryl/α,β-unsaturated/α-hetero) is 1. The molecule has 1 amide bonds. The molecule has 110 valence electrons. The van der Waals surface area contributed by atoms with Gasteiger partial charge in [-0.15, -0.1) is 0 Å². The maximum Gasteiger partial charge on any atom is 0.220 e. The van der Waals surface area contributed by atoms with Gasteiger partial charge in [-0.05, 0) is 31.0 Å². The Hall–Kier alpha value is -2.04. The molecule has 0 bridgehead atoms. The fourth-order valence-electron chi connectivity index (χ4n) is 1.78. The lowest BCUT2D eigenvalue weighted by Crippen LogP contribution is -2.22. The number of hydrogen-bond donors (Lipinski definition) is 1. The highest BCUT2D eigenvalue weighted by Gasteiger charge is 2.06. The van der Waals surface area contributed by atoms with E-state index in [1.165, 1.54) is 6.92 Å². The topological polar surface area (TPSA) is 64.6 Å². The van der Waals surface area contributed by atoms with Gasteiger partial charge >= 0.3 is 0 Å². The molecule has 0 radical (unpaired) electrons. The number of rotatable bonds is 8. The average Bonchev–Trinajstić information content (AvgIpc) is 2.44. The van der Waals surface area contributed by atoms with E-state index in [4.69, 9.17) is 9.47 Å². The first kappa shape index (κ1) is 16.0. The molecule has 0 aliphatic rings. The van der Waals surface area contributed by atoms with Gasteiger partial charge in [-0.1, -0.05) is 6.07 Å². The van der Waals surface area contributed by atoms with E-state index in [0.29, 0.717) is 37.3 Å². The van der Waals surface area contributed by atoms with Crippen LogP contribution in [0.25, 0.3) is 0 Å². The Morgan fingerprint density at radius 1 is 1.10 bits per heavy atom. The summed E-state index contributed by atoms with van der Waals surface area (Å²) in [5, 5.41) is 2.81. The molecule has 0 spiro atoms. The zero-order valence-electron chi connectivity index (χ0n) is 12.2. The summed E-state index contributed by atoms with van der Waals surface area (Å²) in [6, 6.07) is 5.50. The second-order valence-corrected chi connectivity index (χ2v) is 4.52. The molecule has 0 aliphatic carbocycles. The van der Waals surface area contributed by atoms with Crippen LogP contribution in [0.4, 0.5) is 0 Å². The molecule has 0 unspecified atom stereocenters. The third-order valence-electron chi connectivity index (χ3n) is 2.87. The first-order chi connectivity index (χ1) is 9.56. The van der Waals surface area contributed by atoms with Crippen molar-refractivity contribution in [3.8, 4) is 11.5 Å². The molecular formula is C15H21NO4. The van der Waals surface area contributed by atoms with E-state index in [9.17, 15) is 9.59 Å². The molecule has 0 aromatic heterocycles. The molecule has 1 aromatic carbocycles. The number of hydrogen-bond acceptors (Lipinski definition) is 4. The predicted molar refractivity (Wildman–Crippen MR) is 75.9 cm³/mol. The summed E-state index contributed by atoms with van der Waals surface area (Å²) >= 11 is 0. The van der Waals surface area contributed by atoms with Gasteiger partial charge in [0.25, 0.3) is 0 Å². The van der Waals surface area contributed by atoms with E-state index in [1.807, 2.05) is 12.1 Å². The highest BCUT2D eigenvalue weighted by Crippen LogP contribution is 2.27. The van der Waals surface area contributed by atoms with Crippen LogP contribution in [-0.4, -0.2) is 25.9 Å². The molecule has 20 heavy (non-hydrogen) atoms. The smallest absolute Gasteiger partial charge is 0.220 e. The molecule has 1 N–H and O–H groups in total. The van der Waals surface area contributed by atoms with Crippen molar-refractivity contribution in [2.75, 3.05) is 14.2 Å². The first-order valence-corrected chi connectivity index (χ1v) is 6.54. The SMILES string of the molecule is COc1ccc(CNC(=O)CCCC(C)=O)cc1OC. The lowest BCUT2D eigenvalue weighted by Gasteiger charge is -2.10. The predicted octanol–water partition coefficient (Wildman–Crippen LogP) is 2.08. The van der Waals surface area contributed by atoms with E-state index in [2.05, 4.69) is 5.32 Å². The molecule has 0 aliphatic heterocycles. The van der Waals surface area contributed by atoms with Gasteiger partial charge in [0, 0.05) is 19.4 Å². The lowest BCUT2D eigenvalue weighted by molar-refractivity contribution is -0.121. The third kappa shape index (κ3) is 5.30. The molecule has 0 heterocycles. The van der Waals surface area contributed by atoms with Crippen molar-refractivity contribution < 1.29 is 19.1 Å². The minimum atomic E-state index is -0.0546. The van der Waals surface area contributed by atoms with E-state index >= 15 is 0 Å². The molecule has 0 fully saturated rings. The molecule has 0 saturated carbocycles. The number of ketones is 1. The average molecular weight is 279 g/mol. The summed E-state index contributed by atoms with van der Waals surface area (Å²) in [5.74, 6) is 1.35. The number of nitrogens with one attached hydrogen (secondary N) is 1. The van der Waals surface area contributed by atoms with Crippen LogP contribution < -0.4 is 14.8 Å². The number of ether oxygens (including phenoxy) is 2. The van der Waals surface area contributed by atoms with Crippen LogP contribution in [0.2, 0.25) is 0 Å². The van der Waals surface area contributed by atoms with Gasteiger partial charge in [-0.3, -0.25) is 4.79 Å². The second kappa shape index (κ2) is 8.19. The number of benzene rings is 1. The Kier molecular flexibility index (Phi) is 6.56. The molecule has 1 aromatic rings. The van der Waals surface area contributed by atoms with Crippen LogP contribution in [0.3, 0.4) is 0 Å². The van der Waals surface area contributed by atoms with Gasteiger partial charge in [-0.2, -0.15) is 0 Å². The van der Waals surface area contributed by atoms with Gasteiger partial charge in [0.1, 0.15) is 5.78 Å². The fourth-order valence-corrected chi connectivity index (χ4v) is 1.78. The highest BCUT2D eigenvalue weighted by atomic mass is 16.5. The van der Waals surface area contributed by atoms with Crippen molar-refractivity contribution in [2.45, 2.75) is 32.7 Å². The summed E-state index contributed by atoms with van der Waals surface area (Å²) in [6.45, 7) is 1.96. The second-order valence-electron chi connectivity index (χ2n) is 4.52. The van der Waals surface area contributed by atoms with Gasteiger partial charge in [0.2, 0.25) is 5.91 Å². The van der Waals surface area contributed by atoms with Crippen molar-refractivity contribution in [3.05, 3.63) is 23.8 Å². The Morgan fingerprint density at radius 2 is 1.80 bits per heavy atom. The van der Waals surface area contributed by atoms with Crippen LogP contribution in [0.15, 0.2) is 18.2 Å². The third-order valence-corrected chi connectivity index (χ3v) is 2.87. The van der Waals surface area contributed by atoms with Crippen LogP contribution in [0, 0.1) is 0 Å². The van der Waals surface area contributed by atoms with Crippen LogP contribution in [0.1, 0.15) is 31.7 Å². The van der Waals surface area contributed by atoms with E-state index in [1.54, 1.807) is 20.3 Å². The van der Waals surface area contributed by atoms with Gasteiger partial charge < -0.3 is 19.6 Å². The molecule has 0 atom stereocenters. The highest BCUT2D eigenvalue weighted by molar-refractivity contribution is 5.78. The Bertz CT molecular complexity index is 471. The van der Waals surface area contributed by atoms with E-state index in [-0.39, 0.29) is 11.7 Å². The van der Waals surface area contributed by atoms with Crippen molar-refractivity contribution >= 4 is 11.7 Å². The zero-order valence-corrected chi connectivity index (χ0v) is 12.2. The minimum Gasteiger partial charge on any atom is -0.493 e. The number of carbonyl (C=O) groups is 2. The fraction of sp³-hybridized carbons (Fsp3) is 0.467. The normalized spacial score (nSPS) is 9.95. The Labute approximate surface area is 119 Å². The maximum absolute atomic E-state index is 11.6. The standard InChI is InChI=1S/C15H21NO4/c1-11(17)5-4-6-15(18)16-10-12-7-8-13(19-2)14(9-12)20-3/h7-9H,4-6,10H2,1-3H3,(H,16,18). The Morgan fingerprint density at radius 3 is 2.40 bits per heavy atom. The summed E-state index contributed by atoms with van der Waals surface area (Å²) in [6.07, 6.45) is 1.41. The van der Waals surface area contributed by atoms with Gasteiger partial charge in [-0.25, -0.2) is 0 Å². The summed E-state index contributed by atoms with van der Waals surface area (Å²) in [7, 11) is 3.15. The van der Waals surface area contributed by atoms with E-state index < -0.39 is 0 Å². The largest absolute Gasteiger partial charge is 0.493 e. The van der Waals surface area contributed by atoms with Gasteiger partial charge in [0.15, 0.2) is 11.5 Å². The number of carbonyl (C=O) groups excluding carboxylic acids is 2. The monoisotopic (exact) mass is 279 g/mol.